The average Bonchev–Trinajstić information content (AvgIpc) is 2.93. The summed E-state index contributed by atoms with van der Waals surface area (Å²) in [5.74, 6) is -2.66. The first-order chi connectivity index (χ1) is 10.4. The molecule has 1 aromatic heterocycles. The van der Waals surface area contributed by atoms with E-state index in [1.54, 1.807) is 16.2 Å². The lowest BCUT2D eigenvalue weighted by Crippen LogP contribution is -2.49. The van der Waals surface area contributed by atoms with Crippen molar-refractivity contribution in [2.45, 2.75) is 38.5 Å². The highest BCUT2D eigenvalue weighted by Gasteiger charge is 2.38. The molecule has 2 saturated heterocycles. The molecule has 0 radical (unpaired) electrons. The molecule has 1 aromatic rings. The van der Waals surface area contributed by atoms with Crippen LogP contribution >= 0.6 is 11.3 Å². The van der Waals surface area contributed by atoms with Gasteiger partial charge in [-0.25, -0.2) is 13.8 Å². The van der Waals surface area contributed by atoms with E-state index < -0.39 is 5.92 Å². The molecule has 0 bridgehead atoms. The highest BCUT2D eigenvalue weighted by molar-refractivity contribution is 7.15. The van der Waals surface area contributed by atoms with Gasteiger partial charge in [-0.3, -0.25) is 4.79 Å². The number of carbonyl (C=O) groups excluding carboxylic acids is 1. The van der Waals surface area contributed by atoms with Crippen molar-refractivity contribution in [3.63, 3.8) is 0 Å². The number of nitrogens with zero attached hydrogens (tertiary/aromatic N) is 3. The van der Waals surface area contributed by atoms with E-state index in [4.69, 9.17) is 0 Å². The minimum absolute atomic E-state index is 0.0356. The summed E-state index contributed by atoms with van der Waals surface area (Å²) in [6.45, 7) is 3.94. The monoisotopic (exact) mass is 329 g/mol. The van der Waals surface area contributed by atoms with Crippen molar-refractivity contribution >= 4 is 22.4 Å². The van der Waals surface area contributed by atoms with Crippen molar-refractivity contribution in [3.8, 4) is 0 Å². The first-order valence-corrected chi connectivity index (χ1v) is 8.60. The second kappa shape index (κ2) is 6.10. The Balaban J connectivity index is 1.61. The maximum absolute atomic E-state index is 13.2. The number of piperidine rings is 2. The van der Waals surface area contributed by atoms with Crippen molar-refractivity contribution < 1.29 is 13.6 Å². The molecule has 1 amide bonds. The van der Waals surface area contributed by atoms with E-state index in [2.05, 4.69) is 9.88 Å². The second-order valence-corrected chi connectivity index (χ2v) is 7.43. The molecular weight excluding hydrogens is 308 g/mol. The fraction of sp³-hybridized carbons (Fsp3) is 0.733. The second-order valence-electron chi connectivity index (χ2n) is 6.22. The Morgan fingerprint density at radius 1 is 1.36 bits per heavy atom. The molecule has 2 aliphatic rings. The maximum atomic E-state index is 13.2. The lowest BCUT2D eigenvalue weighted by atomic mass is 9.95. The van der Waals surface area contributed by atoms with Crippen molar-refractivity contribution in [1.82, 2.24) is 9.88 Å². The number of carbonyl (C=O) groups is 1. The number of alkyl halides is 2. The van der Waals surface area contributed by atoms with Crippen molar-refractivity contribution in [1.29, 1.82) is 0 Å². The Morgan fingerprint density at radius 2 is 2.09 bits per heavy atom. The van der Waals surface area contributed by atoms with Crippen LogP contribution in [0.4, 0.5) is 13.9 Å². The van der Waals surface area contributed by atoms with Crippen LogP contribution in [0.25, 0.3) is 0 Å². The van der Waals surface area contributed by atoms with Crippen LogP contribution in [0.2, 0.25) is 0 Å². The van der Waals surface area contributed by atoms with Crippen LogP contribution in [-0.2, 0) is 4.79 Å². The Kier molecular flexibility index (Phi) is 4.34. The molecule has 1 atom stereocenters. The smallest absolute Gasteiger partial charge is 0.251 e. The lowest BCUT2D eigenvalue weighted by molar-refractivity contribution is -0.141. The molecule has 3 rings (SSSR count). The zero-order chi connectivity index (χ0) is 15.7. The molecule has 22 heavy (non-hydrogen) atoms. The molecule has 2 aliphatic heterocycles. The minimum atomic E-state index is -2.60. The van der Waals surface area contributed by atoms with Crippen molar-refractivity contribution in [2.24, 2.45) is 5.92 Å². The van der Waals surface area contributed by atoms with Gasteiger partial charge in [0.2, 0.25) is 5.91 Å². The molecular formula is C15H21F2N3OS. The van der Waals surface area contributed by atoms with E-state index in [1.165, 1.54) is 0 Å². The van der Waals surface area contributed by atoms with Gasteiger partial charge in [0.05, 0.1) is 5.92 Å². The molecule has 2 fully saturated rings. The predicted molar refractivity (Wildman–Crippen MR) is 82.5 cm³/mol. The number of hydrogen-bond acceptors (Lipinski definition) is 4. The van der Waals surface area contributed by atoms with Crippen molar-refractivity contribution in [3.05, 3.63) is 11.1 Å². The van der Waals surface area contributed by atoms with Gasteiger partial charge in [-0.1, -0.05) is 0 Å². The fourth-order valence-electron chi connectivity index (χ4n) is 3.15. The summed E-state index contributed by atoms with van der Waals surface area (Å²) in [5.41, 5.74) is 0. The summed E-state index contributed by atoms with van der Waals surface area (Å²) < 4.78 is 26.4. The molecule has 122 valence electrons. The number of aryl methyl sites for hydroxylation is 1. The van der Waals surface area contributed by atoms with E-state index in [9.17, 15) is 13.6 Å². The quantitative estimate of drug-likeness (QED) is 0.837. The van der Waals surface area contributed by atoms with Crippen LogP contribution in [0, 0.1) is 12.8 Å². The van der Waals surface area contributed by atoms with Gasteiger partial charge in [0.1, 0.15) is 0 Å². The molecule has 4 nitrogen and oxygen atoms in total. The van der Waals surface area contributed by atoms with Crippen LogP contribution in [0.15, 0.2) is 6.20 Å². The maximum Gasteiger partial charge on any atom is 0.251 e. The molecule has 0 aliphatic carbocycles. The highest BCUT2D eigenvalue weighted by atomic mass is 32.1. The number of aromatic nitrogens is 1. The van der Waals surface area contributed by atoms with E-state index in [0.717, 1.165) is 29.4 Å². The molecule has 0 N–H and O–H groups in total. The third-order valence-corrected chi connectivity index (χ3v) is 5.43. The van der Waals surface area contributed by atoms with Gasteiger partial charge in [0.25, 0.3) is 5.92 Å². The highest BCUT2D eigenvalue weighted by Crippen LogP contribution is 2.31. The molecule has 1 unspecified atom stereocenters. The minimum Gasteiger partial charge on any atom is -0.347 e. The van der Waals surface area contributed by atoms with Crippen LogP contribution < -0.4 is 4.90 Å². The molecule has 0 saturated carbocycles. The number of amides is 1. The predicted octanol–water partition coefficient (Wildman–Crippen LogP) is 2.93. The Labute approximate surface area is 133 Å². The van der Waals surface area contributed by atoms with Gasteiger partial charge < -0.3 is 9.80 Å². The number of hydrogen-bond donors (Lipinski definition) is 0. The number of halogens is 2. The summed E-state index contributed by atoms with van der Waals surface area (Å²) in [4.78, 5) is 21.9. The summed E-state index contributed by atoms with van der Waals surface area (Å²) in [7, 11) is 0. The summed E-state index contributed by atoms with van der Waals surface area (Å²) in [6.07, 6.45) is 3.21. The van der Waals surface area contributed by atoms with Gasteiger partial charge in [-0.05, 0) is 19.8 Å². The zero-order valence-corrected chi connectivity index (χ0v) is 13.5. The third kappa shape index (κ3) is 3.39. The summed E-state index contributed by atoms with van der Waals surface area (Å²) >= 11 is 1.63. The van der Waals surface area contributed by atoms with Gasteiger partial charge in [-0.15, -0.1) is 11.3 Å². The first-order valence-electron chi connectivity index (χ1n) is 7.79. The van der Waals surface area contributed by atoms with E-state index in [1.807, 2.05) is 13.1 Å². The van der Waals surface area contributed by atoms with Crippen LogP contribution in [0.5, 0.6) is 0 Å². The van der Waals surface area contributed by atoms with Gasteiger partial charge >= 0.3 is 0 Å². The van der Waals surface area contributed by atoms with Crippen LogP contribution in [0.1, 0.15) is 30.6 Å². The summed E-state index contributed by atoms with van der Waals surface area (Å²) in [5, 5.41) is 0.958. The zero-order valence-electron chi connectivity index (χ0n) is 12.7. The van der Waals surface area contributed by atoms with E-state index in [-0.39, 0.29) is 37.8 Å². The number of likely N-dealkylation sites (tertiary alicyclic amines) is 1. The first kappa shape index (κ1) is 15.6. The third-order valence-electron chi connectivity index (χ3n) is 4.46. The van der Waals surface area contributed by atoms with E-state index in [0.29, 0.717) is 6.54 Å². The van der Waals surface area contributed by atoms with Crippen molar-refractivity contribution in [2.75, 3.05) is 31.1 Å². The average molecular weight is 329 g/mol. The topological polar surface area (TPSA) is 36.4 Å². The molecule has 3 heterocycles. The standard InChI is InChI=1S/C15H21F2N3OS/c1-11-9-18-14(22-11)20-6-2-3-12(10-20)13(21)19-7-4-15(16,17)5-8-19/h9,12H,2-8,10H2,1H3. The Morgan fingerprint density at radius 3 is 2.73 bits per heavy atom. The van der Waals surface area contributed by atoms with Gasteiger partial charge in [0.15, 0.2) is 5.13 Å². The van der Waals surface area contributed by atoms with Crippen LogP contribution in [-0.4, -0.2) is 47.9 Å². The Bertz CT molecular complexity index is 539. The fourth-order valence-corrected chi connectivity index (χ4v) is 3.95. The normalized spacial score (nSPS) is 25.3. The van der Waals surface area contributed by atoms with Crippen LogP contribution in [0.3, 0.4) is 0 Å². The number of anilines is 1. The number of thiazole rings is 1. The van der Waals surface area contributed by atoms with Gasteiger partial charge in [-0.2, -0.15) is 0 Å². The lowest BCUT2D eigenvalue weighted by Gasteiger charge is -2.37. The summed E-state index contributed by atoms with van der Waals surface area (Å²) in [6, 6.07) is 0. The largest absolute Gasteiger partial charge is 0.347 e. The molecule has 7 heteroatoms. The SMILES string of the molecule is Cc1cnc(N2CCCC(C(=O)N3CCC(F)(F)CC3)C2)s1. The number of rotatable bonds is 2. The Hall–Kier alpha value is -1.24. The van der Waals surface area contributed by atoms with Gasteiger partial charge in [0, 0.05) is 50.1 Å². The van der Waals surface area contributed by atoms with E-state index >= 15 is 0 Å². The molecule has 0 aromatic carbocycles. The molecule has 0 spiro atoms.